The molecule has 1 aromatic heterocycles. The highest BCUT2D eigenvalue weighted by Gasteiger charge is 2.32. The molecule has 0 spiro atoms. The molecular formula is C23H28N4O2S. The lowest BCUT2D eigenvalue weighted by Crippen LogP contribution is -2.48. The molecule has 7 heteroatoms. The highest BCUT2D eigenvalue weighted by atomic mass is 32.2. The summed E-state index contributed by atoms with van der Waals surface area (Å²) >= 11 is 1.63. The zero-order chi connectivity index (χ0) is 20.5. The largest absolute Gasteiger partial charge is 0.340 e. The average molecular weight is 425 g/mol. The quantitative estimate of drug-likeness (QED) is 0.706. The van der Waals surface area contributed by atoms with Crippen molar-refractivity contribution in [3.05, 3.63) is 57.5 Å². The minimum atomic E-state index is -0.0629. The number of rotatable bonds is 4. The van der Waals surface area contributed by atoms with Gasteiger partial charge in [0.1, 0.15) is 0 Å². The van der Waals surface area contributed by atoms with Gasteiger partial charge in [-0.1, -0.05) is 42.1 Å². The predicted octanol–water partition coefficient (Wildman–Crippen LogP) is 2.50. The van der Waals surface area contributed by atoms with Gasteiger partial charge in [0.25, 0.3) is 5.56 Å². The normalized spacial score (nSPS) is 21.3. The number of piperazine rings is 1. The molecular weight excluding hydrogens is 396 g/mol. The Kier molecular flexibility index (Phi) is 5.65. The third-order valence-electron chi connectivity index (χ3n) is 6.51. The van der Waals surface area contributed by atoms with Gasteiger partial charge in [-0.15, -0.1) is 0 Å². The second-order valence-electron chi connectivity index (χ2n) is 8.51. The first-order valence-electron chi connectivity index (χ1n) is 11.0. The molecule has 0 bridgehead atoms. The van der Waals surface area contributed by atoms with Crippen LogP contribution in [0.4, 0.5) is 0 Å². The summed E-state index contributed by atoms with van der Waals surface area (Å²) < 4.78 is 1.82. The SMILES string of the molecule is O=C(C[C@H]1CSc2nc3c(c(=O)n21)CCCC3)N1CCN(Cc2ccccc2)CC1. The fourth-order valence-corrected chi connectivity index (χ4v) is 5.95. The molecule has 1 atom stereocenters. The Morgan fingerprint density at radius 3 is 2.63 bits per heavy atom. The van der Waals surface area contributed by atoms with Gasteiger partial charge in [-0.05, 0) is 31.2 Å². The first-order valence-corrected chi connectivity index (χ1v) is 12.0. The number of fused-ring (bicyclic) bond motifs is 2. The molecule has 1 fully saturated rings. The van der Waals surface area contributed by atoms with Crippen LogP contribution in [0.5, 0.6) is 0 Å². The Morgan fingerprint density at radius 2 is 1.83 bits per heavy atom. The number of aryl methyl sites for hydroxylation is 1. The number of amides is 1. The minimum absolute atomic E-state index is 0.0629. The van der Waals surface area contributed by atoms with Gasteiger partial charge in [0.15, 0.2) is 5.16 Å². The standard InChI is InChI=1S/C23H28N4O2S/c28-21(26-12-10-25(11-13-26)15-17-6-2-1-3-7-17)14-18-16-30-23-24-20-9-5-4-8-19(20)22(29)27(18)23/h1-3,6-7,18H,4-5,8-16H2/t18-/m0/s1. The van der Waals surface area contributed by atoms with Crippen molar-refractivity contribution in [3.8, 4) is 0 Å². The van der Waals surface area contributed by atoms with Crippen LogP contribution in [0.2, 0.25) is 0 Å². The number of thioether (sulfide) groups is 1. The van der Waals surface area contributed by atoms with Crippen molar-refractivity contribution in [1.29, 1.82) is 0 Å². The first kappa shape index (κ1) is 19.8. The van der Waals surface area contributed by atoms with Gasteiger partial charge in [-0.3, -0.25) is 19.1 Å². The topological polar surface area (TPSA) is 58.4 Å². The summed E-state index contributed by atoms with van der Waals surface area (Å²) in [5.74, 6) is 0.933. The smallest absolute Gasteiger partial charge is 0.257 e. The van der Waals surface area contributed by atoms with E-state index in [9.17, 15) is 9.59 Å². The Labute approximate surface area is 181 Å². The zero-order valence-corrected chi connectivity index (χ0v) is 18.1. The van der Waals surface area contributed by atoms with Crippen molar-refractivity contribution in [3.63, 3.8) is 0 Å². The maximum absolute atomic E-state index is 13.1. The van der Waals surface area contributed by atoms with Crippen molar-refractivity contribution in [2.45, 2.75) is 49.8 Å². The number of carbonyl (C=O) groups excluding carboxylic acids is 1. The Morgan fingerprint density at radius 1 is 1.07 bits per heavy atom. The van der Waals surface area contributed by atoms with E-state index in [1.807, 2.05) is 15.5 Å². The summed E-state index contributed by atoms with van der Waals surface area (Å²) in [7, 11) is 0. The van der Waals surface area contributed by atoms with E-state index in [0.29, 0.717) is 6.42 Å². The van der Waals surface area contributed by atoms with Gasteiger partial charge in [-0.25, -0.2) is 4.98 Å². The Bertz CT molecular complexity index is 983. The van der Waals surface area contributed by atoms with Crippen LogP contribution in [0.3, 0.4) is 0 Å². The van der Waals surface area contributed by atoms with E-state index in [-0.39, 0.29) is 17.5 Å². The van der Waals surface area contributed by atoms with Gasteiger partial charge in [0.05, 0.1) is 11.7 Å². The van der Waals surface area contributed by atoms with Gasteiger partial charge >= 0.3 is 0 Å². The highest BCUT2D eigenvalue weighted by Crippen LogP contribution is 2.34. The molecule has 6 nitrogen and oxygen atoms in total. The van der Waals surface area contributed by atoms with Crippen molar-refractivity contribution in [2.75, 3.05) is 31.9 Å². The van der Waals surface area contributed by atoms with Gasteiger partial charge < -0.3 is 4.90 Å². The van der Waals surface area contributed by atoms with E-state index in [1.165, 1.54) is 5.56 Å². The van der Waals surface area contributed by atoms with Crippen LogP contribution < -0.4 is 5.56 Å². The minimum Gasteiger partial charge on any atom is -0.340 e. The number of carbonyl (C=O) groups is 1. The van der Waals surface area contributed by atoms with Crippen LogP contribution in [0, 0.1) is 0 Å². The lowest BCUT2D eigenvalue weighted by molar-refractivity contribution is -0.133. The molecule has 30 heavy (non-hydrogen) atoms. The molecule has 1 aromatic carbocycles. The van der Waals surface area contributed by atoms with E-state index in [4.69, 9.17) is 4.98 Å². The summed E-state index contributed by atoms with van der Waals surface area (Å²) in [6, 6.07) is 10.4. The van der Waals surface area contributed by atoms with E-state index >= 15 is 0 Å². The van der Waals surface area contributed by atoms with Crippen LogP contribution in [0.25, 0.3) is 0 Å². The van der Waals surface area contributed by atoms with Crippen molar-refractivity contribution in [1.82, 2.24) is 19.4 Å². The first-order chi connectivity index (χ1) is 14.7. The molecule has 1 aliphatic carbocycles. The van der Waals surface area contributed by atoms with Crippen LogP contribution in [-0.4, -0.2) is 57.2 Å². The maximum Gasteiger partial charge on any atom is 0.257 e. The molecule has 5 rings (SSSR count). The fraction of sp³-hybridized carbons (Fsp3) is 0.522. The van der Waals surface area contributed by atoms with E-state index < -0.39 is 0 Å². The summed E-state index contributed by atoms with van der Waals surface area (Å²) in [5, 5.41) is 0.811. The lowest BCUT2D eigenvalue weighted by Gasteiger charge is -2.35. The number of benzene rings is 1. The maximum atomic E-state index is 13.1. The molecule has 0 N–H and O–H groups in total. The predicted molar refractivity (Wildman–Crippen MR) is 118 cm³/mol. The molecule has 0 saturated carbocycles. The molecule has 0 unspecified atom stereocenters. The van der Waals surface area contributed by atoms with Gasteiger partial charge in [-0.2, -0.15) is 0 Å². The molecule has 3 aliphatic rings. The van der Waals surface area contributed by atoms with Crippen molar-refractivity contribution < 1.29 is 4.79 Å². The lowest BCUT2D eigenvalue weighted by atomic mass is 9.97. The van der Waals surface area contributed by atoms with Crippen LogP contribution in [0.15, 0.2) is 40.3 Å². The average Bonchev–Trinajstić information content (AvgIpc) is 3.18. The zero-order valence-electron chi connectivity index (χ0n) is 17.3. The second-order valence-corrected chi connectivity index (χ2v) is 9.50. The van der Waals surface area contributed by atoms with Gasteiger partial charge in [0.2, 0.25) is 5.91 Å². The number of nitrogens with zero attached hydrogens (tertiary/aromatic N) is 4. The highest BCUT2D eigenvalue weighted by molar-refractivity contribution is 7.99. The third kappa shape index (κ3) is 3.93. The summed E-state index contributed by atoms with van der Waals surface area (Å²) in [6.07, 6.45) is 4.32. The molecule has 158 valence electrons. The molecule has 1 saturated heterocycles. The fourth-order valence-electron chi connectivity index (χ4n) is 4.79. The second kappa shape index (κ2) is 8.55. The monoisotopic (exact) mass is 424 g/mol. The number of aromatic nitrogens is 2. The molecule has 1 amide bonds. The Balaban J connectivity index is 1.21. The molecule has 2 aliphatic heterocycles. The van der Waals surface area contributed by atoms with Crippen molar-refractivity contribution in [2.24, 2.45) is 0 Å². The van der Waals surface area contributed by atoms with Crippen LogP contribution >= 0.6 is 11.8 Å². The van der Waals surface area contributed by atoms with E-state index in [1.54, 1.807) is 11.8 Å². The van der Waals surface area contributed by atoms with Crippen LogP contribution in [0.1, 0.15) is 42.1 Å². The van der Waals surface area contributed by atoms with E-state index in [0.717, 1.165) is 80.6 Å². The molecule has 2 aromatic rings. The summed E-state index contributed by atoms with van der Waals surface area (Å²) in [4.78, 5) is 35.2. The Hall–Kier alpha value is -2.12. The van der Waals surface area contributed by atoms with Crippen LogP contribution in [-0.2, 0) is 24.2 Å². The summed E-state index contributed by atoms with van der Waals surface area (Å²) in [5.41, 5.74) is 3.29. The number of hydrogen-bond donors (Lipinski definition) is 0. The molecule has 3 heterocycles. The summed E-state index contributed by atoms with van der Waals surface area (Å²) in [6.45, 7) is 4.24. The van der Waals surface area contributed by atoms with Crippen molar-refractivity contribution >= 4 is 17.7 Å². The van der Waals surface area contributed by atoms with E-state index in [2.05, 4.69) is 29.2 Å². The van der Waals surface area contributed by atoms with Gasteiger partial charge in [0, 0.05) is 50.5 Å². The third-order valence-corrected chi connectivity index (χ3v) is 7.60. The number of hydrogen-bond acceptors (Lipinski definition) is 5. The molecule has 0 radical (unpaired) electrons.